The maximum absolute atomic E-state index is 3.56. The number of piperidine rings is 1. The molecule has 3 nitrogen and oxygen atoms in total. The normalized spacial score (nSPS) is 29.7. The lowest BCUT2D eigenvalue weighted by atomic mass is 9.97. The summed E-state index contributed by atoms with van der Waals surface area (Å²) in [6, 6.07) is 1.60. The Morgan fingerprint density at radius 2 is 2.05 bits per heavy atom. The minimum atomic E-state index is 0.749. The fourth-order valence-corrected chi connectivity index (χ4v) is 3.52. The maximum Gasteiger partial charge on any atom is 0.0223 e. The van der Waals surface area contributed by atoms with Crippen LogP contribution < -0.4 is 5.32 Å². The molecule has 2 aliphatic heterocycles. The molecule has 0 radical (unpaired) electrons. The number of rotatable bonds is 6. The number of fused-ring (bicyclic) bond motifs is 1. The fourth-order valence-electron chi connectivity index (χ4n) is 3.52. The van der Waals surface area contributed by atoms with Crippen LogP contribution in [0.4, 0.5) is 0 Å². The Morgan fingerprint density at radius 3 is 2.84 bits per heavy atom. The molecule has 0 saturated carbocycles. The highest BCUT2D eigenvalue weighted by Crippen LogP contribution is 2.23. The van der Waals surface area contributed by atoms with Crippen molar-refractivity contribution < 1.29 is 0 Å². The van der Waals surface area contributed by atoms with E-state index in [1.807, 2.05) is 0 Å². The van der Waals surface area contributed by atoms with Crippen LogP contribution in [0.15, 0.2) is 0 Å². The molecule has 2 saturated heterocycles. The zero-order valence-corrected chi connectivity index (χ0v) is 13.2. The summed E-state index contributed by atoms with van der Waals surface area (Å²) in [6.45, 7) is 14.5. The third kappa shape index (κ3) is 4.73. The molecule has 2 rings (SSSR count). The molecule has 0 aliphatic carbocycles. The third-order valence-electron chi connectivity index (χ3n) is 4.67. The SMILES string of the molecule is CC(C)CNCCCN1CC2CCCCN2CC1C. The first kappa shape index (κ1) is 15.3. The smallest absolute Gasteiger partial charge is 0.0223 e. The van der Waals surface area contributed by atoms with Gasteiger partial charge in [0.1, 0.15) is 0 Å². The number of hydrogen-bond acceptors (Lipinski definition) is 3. The van der Waals surface area contributed by atoms with E-state index < -0.39 is 0 Å². The summed E-state index contributed by atoms with van der Waals surface area (Å²) in [7, 11) is 0. The summed E-state index contributed by atoms with van der Waals surface area (Å²) in [5.41, 5.74) is 0. The quantitative estimate of drug-likeness (QED) is 0.744. The molecule has 2 heterocycles. The van der Waals surface area contributed by atoms with Gasteiger partial charge >= 0.3 is 0 Å². The molecule has 0 aromatic carbocycles. The highest BCUT2D eigenvalue weighted by molar-refractivity contribution is 4.88. The molecule has 0 spiro atoms. The van der Waals surface area contributed by atoms with Gasteiger partial charge in [0.2, 0.25) is 0 Å². The van der Waals surface area contributed by atoms with E-state index in [0.717, 1.165) is 24.5 Å². The average Bonchev–Trinajstić information content (AvgIpc) is 2.38. The van der Waals surface area contributed by atoms with Gasteiger partial charge in [0.05, 0.1) is 0 Å². The van der Waals surface area contributed by atoms with E-state index in [2.05, 4.69) is 35.9 Å². The van der Waals surface area contributed by atoms with Gasteiger partial charge in [-0.15, -0.1) is 0 Å². The topological polar surface area (TPSA) is 18.5 Å². The van der Waals surface area contributed by atoms with Crippen molar-refractivity contribution in [1.29, 1.82) is 0 Å². The Bertz CT molecular complexity index is 254. The summed E-state index contributed by atoms with van der Waals surface area (Å²) >= 11 is 0. The molecule has 1 N–H and O–H groups in total. The first-order valence-corrected chi connectivity index (χ1v) is 8.35. The van der Waals surface area contributed by atoms with E-state index in [1.165, 1.54) is 58.4 Å². The van der Waals surface area contributed by atoms with Crippen LogP contribution in [0.25, 0.3) is 0 Å². The Kier molecular flexibility index (Phi) is 6.11. The van der Waals surface area contributed by atoms with E-state index in [1.54, 1.807) is 0 Å². The molecule has 112 valence electrons. The first-order chi connectivity index (χ1) is 9.16. The number of nitrogens with one attached hydrogen (secondary N) is 1. The van der Waals surface area contributed by atoms with Gasteiger partial charge in [-0.1, -0.05) is 20.3 Å². The lowest BCUT2D eigenvalue weighted by molar-refractivity contribution is 0.0149. The Hall–Kier alpha value is -0.120. The Morgan fingerprint density at radius 1 is 1.21 bits per heavy atom. The van der Waals surface area contributed by atoms with E-state index in [4.69, 9.17) is 0 Å². The molecule has 3 heteroatoms. The van der Waals surface area contributed by atoms with Gasteiger partial charge in [0.25, 0.3) is 0 Å². The predicted molar refractivity (Wildman–Crippen MR) is 82.6 cm³/mol. The van der Waals surface area contributed by atoms with Crippen molar-refractivity contribution in [3.8, 4) is 0 Å². The predicted octanol–water partition coefficient (Wildman–Crippen LogP) is 2.18. The van der Waals surface area contributed by atoms with Crippen LogP contribution in [-0.4, -0.2) is 61.2 Å². The van der Waals surface area contributed by atoms with Crippen LogP contribution in [0, 0.1) is 5.92 Å². The van der Waals surface area contributed by atoms with E-state index in [-0.39, 0.29) is 0 Å². The lowest BCUT2D eigenvalue weighted by Gasteiger charge is -2.47. The minimum Gasteiger partial charge on any atom is -0.316 e. The zero-order chi connectivity index (χ0) is 13.7. The Labute approximate surface area is 119 Å². The van der Waals surface area contributed by atoms with Crippen LogP contribution in [0.2, 0.25) is 0 Å². The van der Waals surface area contributed by atoms with Crippen molar-refractivity contribution in [3.05, 3.63) is 0 Å². The van der Waals surface area contributed by atoms with Gasteiger partial charge in [-0.2, -0.15) is 0 Å². The van der Waals surface area contributed by atoms with Crippen LogP contribution >= 0.6 is 0 Å². The maximum atomic E-state index is 3.56. The zero-order valence-electron chi connectivity index (χ0n) is 13.2. The van der Waals surface area contributed by atoms with Gasteiger partial charge in [-0.05, 0) is 58.3 Å². The van der Waals surface area contributed by atoms with E-state index >= 15 is 0 Å². The number of hydrogen-bond donors (Lipinski definition) is 1. The summed E-state index contributed by atoms with van der Waals surface area (Å²) in [5.74, 6) is 0.768. The molecule has 2 atom stereocenters. The van der Waals surface area contributed by atoms with Gasteiger partial charge < -0.3 is 5.32 Å². The van der Waals surface area contributed by atoms with E-state index in [9.17, 15) is 0 Å². The van der Waals surface area contributed by atoms with E-state index in [0.29, 0.717) is 0 Å². The number of nitrogens with zero attached hydrogens (tertiary/aromatic N) is 2. The van der Waals surface area contributed by atoms with Crippen LogP contribution in [-0.2, 0) is 0 Å². The van der Waals surface area contributed by atoms with Gasteiger partial charge in [-0.3, -0.25) is 9.80 Å². The van der Waals surface area contributed by atoms with Crippen molar-refractivity contribution in [2.75, 3.05) is 39.3 Å². The van der Waals surface area contributed by atoms with Crippen molar-refractivity contribution >= 4 is 0 Å². The van der Waals surface area contributed by atoms with Gasteiger partial charge in [-0.25, -0.2) is 0 Å². The highest BCUT2D eigenvalue weighted by atomic mass is 15.3. The summed E-state index contributed by atoms with van der Waals surface area (Å²) in [5, 5.41) is 3.56. The molecular weight excluding hydrogens is 234 g/mol. The second-order valence-electron chi connectivity index (χ2n) is 6.94. The van der Waals surface area contributed by atoms with Gasteiger partial charge in [0.15, 0.2) is 0 Å². The third-order valence-corrected chi connectivity index (χ3v) is 4.67. The summed E-state index contributed by atoms with van der Waals surface area (Å²) in [6.07, 6.45) is 5.58. The van der Waals surface area contributed by atoms with Gasteiger partial charge in [0, 0.05) is 25.2 Å². The molecule has 0 aromatic heterocycles. The summed E-state index contributed by atoms with van der Waals surface area (Å²) < 4.78 is 0. The van der Waals surface area contributed by atoms with Crippen LogP contribution in [0.3, 0.4) is 0 Å². The first-order valence-electron chi connectivity index (χ1n) is 8.35. The van der Waals surface area contributed by atoms with Crippen molar-refractivity contribution in [2.24, 2.45) is 5.92 Å². The second kappa shape index (κ2) is 7.61. The van der Waals surface area contributed by atoms with Crippen LogP contribution in [0.5, 0.6) is 0 Å². The fraction of sp³-hybridized carbons (Fsp3) is 1.00. The molecular formula is C16H33N3. The molecule has 2 unspecified atom stereocenters. The standard InChI is InChI=1S/C16H33N3/c1-14(2)11-17-8-6-10-18-13-16-7-4-5-9-19(16)12-15(18)3/h14-17H,4-13H2,1-3H3. The lowest BCUT2D eigenvalue weighted by Crippen LogP contribution is -2.58. The Balaban J connectivity index is 1.65. The van der Waals surface area contributed by atoms with Crippen molar-refractivity contribution in [2.45, 2.75) is 58.5 Å². The summed E-state index contributed by atoms with van der Waals surface area (Å²) in [4.78, 5) is 5.46. The molecule has 19 heavy (non-hydrogen) atoms. The molecule has 2 aliphatic rings. The molecule has 0 amide bonds. The second-order valence-corrected chi connectivity index (χ2v) is 6.94. The number of piperazine rings is 1. The van der Waals surface area contributed by atoms with Crippen molar-refractivity contribution in [3.63, 3.8) is 0 Å². The monoisotopic (exact) mass is 267 g/mol. The van der Waals surface area contributed by atoms with Crippen molar-refractivity contribution in [1.82, 2.24) is 15.1 Å². The largest absolute Gasteiger partial charge is 0.316 e. The molecule has 0 bridgehead atoms. The highest BCUT2D eigenvalue weighted by Gasteiger charge is 2.32. The average molecular weight is 267 g/mol. The molecule has 0 aromatic rings. The minimum absolute atomic E-state index is 0.749. The molecule has 2 fully saturated rings. The van der Waals surface area contributed by atoms with Crippen LogP contribution in [0.1, 0.15) is 46.5 Å².